The molecule has 2 rings (SSSR count). The van der Waals surface area contributed by atoms with Crippen molar-refractivity contribution in [1.82, 2.24) is 15.5 Å². The molecule has 0 bridgehead atoms. The Morgan fingerprint density at radius 1 is 1.44 bits per heavy atom. The predicted molar refractivity (Wildman–Crippen MR) is 66.0 cm³/mol. The van der Waals surface area contributed by atoms with Crippen LogP contribution in [0.15, 0.2) is 0 Å². The first kappa shape index (κ1) is 13.3. The maximum Gasteiger partial charge on any atom is 0.243 e. The highest BCUT2D eigenvalue weighted by Gasteiger charge is 2.37. The summed E-state index contributed by atoms with van der Waals surface area (Å²) in [7, 11) is 1.60. The van der Waals surface area contributed by atoms with Gasteiger partial charge in [-0.1, -0.05) is 0 Å². The quantitative estimate of drug-likeness (QED) is 0.661. The maximum atomic E-state index is 12.4. The summed E-state index contributed by atoms with van der Waals surface area (Å²) in [5.74, 6) is -0.151. The van der Waals surface area contributed by atoms with Crippen LogP contribution in [0.1, 0.15) is 13.3 Å². The second-order valence-electron chi connectivity index (χ2n) is 4.94. The molecular weight excluding hydrogens is 234 g/mol. The van der Waals surface area contributed by atoms with Gasteiger partial charge in [-0.3, -0.25) is 9.59 Å². The Labute approximate surface area is 107 Å². The average Bonchev–Trinajstić information content (AvgIpc) is 2.83. The molecule has 0 aliphatic carbocycles. The van der Waals surface area contributed by atoms with E-state index in [-0.39, 0.29) is 23.8 Å². The Balaban J connectivity index is 2.04. The first-order chi connectivity index (χ1) is 8.63. The van der Waals surface area contributed by atoms with E-state index in [9.17, 15) is 9.59 Å². The summed E-state index contributed by atoms with van der Waals surface area (Å²) in [6.45, 7) is 4.30. The number of piperazine rings is 1. The summed E-state index contributed by atoms with van der Waals surface area (Å²) in [6, 6.07) is -0.396. The van der Waals surface area contributed by atoms with Crippen molar-refractivity contribution >= 4 is 11.8 Å². The van der Waals surface area contributed by atoms with E-state index in [2.05, 4.69) is 10.6 Å². The van der Waals surface area contributed by atoms with Gasteiger partial charge in [0, 0.05) is 26.7 Å². The fourth-order valence-corrected chi connectivity index (χ4v) is 2.59. The Kier molecular flexibility index (Phi) is 4.19. The van der Waals surface area contributed by atoms with Crippen molar-refractivity contribution in [3.63, 3.8) is 0 Å². The second-order valence-corrected chi connectivity index (χ2v) is 4.94. The number of rotatable bonds is 2. The molecule has 18 heavy (non-hydrogen) atoms. The van der Waals surface area contributed by atoms with Crippen LogP contribution in [0.5, 0.6) is 0 Å². The Bertz CT molecular complexity index is 335. The van der Waals surface area contributed by atoms with E-state index in [0.717, 1.165) is 13.0 Å². The number of nitrogens with one attached hydrogen (secondary N) is 2. The summed E-state index contributed by atoms with van der Waals surface area (Å²) in [5.41, 5.74) is 0. The maximum absolute atomic E-state index is 12.4. The largest absolute Gasteiger partial charge is 0.378 e. The molecule has 2 aliphatic heterocycles. The van der Waals surface area contributed by atoms with E-state index in [0.29, 0.717) is 19.7 Å². The highest BCUT2D eigenvalue weighted by molar-refractivity contribution is 5.89. The summed E-state index contributed by atoms with van der Waals surface area (Å²) in [4.78, 5) is 25.9. The fourth-order valence-electron chi connectivity index (χ4n) is 2.59. The van der Waals surface area contributed by atoms with Crippen LogP contribution in [0.4, 0.5) is 0 Å². The van der Waals surface area contributed by atoms with Crippen molar-refractivity contribution in [1.29, 1.82) is 0 Å². The van der Waals surface area contributed by atoms with Gasteiger partial charge in [-0.15, -0.1) is 0 Å². The van der Waals surface area contributed by atoms with Gasteiger partial charge in [0.1, 0.15) is 6.04 Å². The fraction of sp³-hybridized carbons (Fsp3) is 0.833. The smallest absolute Gasteiger partial charge is 0.243 e. The van der Waals surface area contributed by atoms with E-state index in [1.807, 2.05) is 6.92 Å². The number of hydrogen-bond acceptors (Lipinski definition) is 4. The lowest BCUT2D eigenvalue weighted by atomic mass is 10.0. The third-order valence-electron chi connectivity index (χ3n) is 3.62. The normalized spacial score (nSPS) is 32.3. The summed E-state index contributed by atoms with van der Waals surface area (Å²) < 4.78 is 5.44. The number of likely N-dealkylation sites (N-methyl/N-ethyl adjacent to an activating group) is 1. The van der Waals surface area contributed by atoms with E-state index >= 15 is 0 Å². The lowest BCUT2D eigenvalue weighted by Gasteiger charge is -2.36. The van der Waals surface area contributed by atoms with Crippen molar-refractivity contribution in [3.8, 4) is 0 Å². The summed E-state index contributed by atoms with van der Waals surface area (Å²) in [6.07, 6.45) is 0.892. The average molecular weight is 255 g/mol. The molecule has 3 unspecified atom stereocenters. The molecule has 2 amide bonds. The molecule has 0 saturated carbocycles. The Morgan fingerprint density at radius 2 is 2.22 bits per heavy atom. The number of amides is 2. The van der Waals surface area contributed by atoms with Crippen LogP contribution in [0.2, 0.25) is 0 Å². The SMILES string of the molecule is CNC(=O)C1CNCCN1C(=O)C1COC(C)C1. The van der Waals surface area contributed by atoms with E-state index in [1.54, 1.807) is 11.9 Å². The first-order valence-corrected chi connectivity index (χ1v) is 6.48. The molecule has 2 heterocycles. The molecule has 2 aliphatic rings. The van der Waals surface area contributed by atoms with Gasteiger partial charge in [-0.25, -0.2) is 0 Å². The van der Waals surface area contributed by atoms with Crippen molar-refractivity contribution in [3.05, 3.63) is 0 Å². The van der Waals surface area contributed by atoms with Gasteiger partial charge in [0.15, 0.2) is 0 Å². The van der Waals surface area contributed by atoms with E-state index in [4.69, 9.17) is 4.74 Å². The van der Waals surface area contributed by atoms with E-state index in [1.165, 1.54) is 0 Å². The minimum atomic E-state index is -0.396. The Morgan fingerprint density at radius 3 is 2.83 bits per heavy atom. The Hall–Kier alpha value is -1.14. The van der Waals surface area contributed by atoms with Crippen LogP contribution in [-0.2, 0) is 14.3 Å². The molecule has 3 atom stereocenters. The standard InChI is InChI=1S/C12H21N3O3/c1-8-5-9(7-18-8)12(17)15-4-3-14-6-10(15)11(16)13-2/h8-10,14H,3-7H2,1-2H3,(H,13,16). The lowest BCUT2D eigenvalue weighted by molar-refractivity contribution is -0.144. The highest BCUT2D eigenvalue weighted by atomic mass is 16.5. The van der Waals surface area contributed by atoms with Gasteiger partial charge >= 0.3 is 0 Å². The topological polar surface area (TPSA) is 70.7 Å². The zero-order valence-electron chi connectivity index (χ0n) is 10.9. The minimum Gasteiger partial charge on any atom is -0.378 e. The van der Waals surface area contributed by atoms with Gasteiger partial charge in [-0.2, -0.15) is 0 Å². The van der Waals surface area contributed by atoms with Crippen LogP contribution in [0.3, 0.4) is 0 Å². The number of nitrogens with zero attached hydrogens (tertiary/aromatic N) is 1. The lowest BCUT2D eigenvalue weighted by Crippen LogP contribution is -2.60. The summed E-state index contributed by atoms with van der Waals surface area (Å²) in [5, 5.41) is 5.76. The molecule has 0 aromatic rings. The van der Waals surface area contributed by atoms with E-state index < -0.39 is 6.04 Å². The van der Waals surface area contributed by atoms with Crippen LogP contribution in [0.25, 0.3) is 0 Å². The number of carbonyl (C=O) groups excluding carboxylic acids is 2. The molecular formula is C12H21N3O3. The summed E-state index contributed by atoms with van der Waals surface area (Å²) >= 11 is 0. The molecule has 0 aromatic heterocycles. The van der Waals surface area contributed by atoms with Gasteiger partial charge in [-0.05, 0) is 13.3 Å². The molecule has 0 radical (unpaired) electrons. The van der Waals surface area contributed by atoms with Crippen molar-refractivity contribution < 1.29 is 14.3 Å². The molecule has 2 N–H and O–H groups in total. The van der Waals surface area contributed by atoms with Gasteiger partial charge in [0.25, 0.3) is 0 Å². The van der Waals surface area contributed by atoms with Crippen LogP contribution in [-0.4, -0.2) is 62.1 Å². The van der Waals surface area contributed by atoms with Crippen molar-refractivity contribution in [2.24, 2.45) is 5.92 Å². The third-order valence-corrected chi connectivity index (χ3v) is 3.62. The van der Waals surface area contributed by atoms with Crippen molar-refractivity contribution in [2.45, 2.75) is 25.5 Å². The van der Waals surface area contributed by atoms with Gasteiger partial charge in [0.2, 0.25) is 11.8 Å². The first-order valence-electron chi connectivity index (χ1n) is 6.48. The molecule has 6 heteroatoms. The third kappa shape index (κ3) is 2.64. The van der Waals surface area contributed by atoms with Gasteiger partial charge in [0.05, 0.1) is 18.6 Å². The molecule has 2 fully saturated rings. The monoisotopic (exact) mass is 255 g/mol. The number of ether oxygens (including phenoxy) is 1. The van der Waals surface area contributed by atoms with Crippen LogP contribution < -0.4 is 10.6 Å². The molecule has 2 saturated heterocycles. The zero-order valence-corrected chi connectivity index (χ0v) is 10.9. The molecule has 6 nitrogen and oxygen atoms in total. The molecule has 0 spiro atoms. The van der Waals surface area contributed by atoms with Crippen molar-refractivity contribution in [2.75, 3.05) is 33.3 Å². The predicted octanol–water partition coefficient (Wildman–Crippen LogP) is -1.04. The highest BCUT2D eigenvalue weighted by Crippen LogP contribution is 2.22. The zero-order chi connectivity index (χ0) is 13.1. The second kappa shape index (κ2) is 5.67. The molecule has 102 valence electrons. The van der Waals surface area contributed by atoms with Crippen LogP contribution >= 0.6 is 0 Å². The van der Waals surface area contributed by atoms with Crippen LogP contribution in [0, 0.1) is 5.92 Å². The number of hydrogen-bond donors (Lipinski definition) is 2. The minimum absolute atomic E-state index is 0.0504. The number of carbonyl (C=O) groups is 2. The van der Waals surface area contributed by atoms with Gasteiger partial charge < -0.3 is 20.3 Å². The molecule has 0 aromatic carbocycles.